The molecule has 0 saturated carbocycles. The lowest BCUT2D eigenvalue weighted by Crippen LogP contribution is -2.16. The normalized spacial score (nSPS) is 20.1. The summed E-state index contributed by atoms with van der Waals surface area (Å²) in [5.41, 5.74) is 12.2. The number of anilines is 1. The van der Waals surface area contributed by atoms with Crippen molar-refractivity contribution in [3.63, 3.8) is 0 Å². The van der Waals surface area contributed by atoms with Gasteiger partial charge in [-0.25, -0.2) is 4.98 Å². The van der Waals surface area contributed by atoms with E-state index in [1.807, 2.05) is 12.1 Å². The molecule has 4 nitrogen and oxygen atoms in total. The molecule has 4 heteroatoms. The monoisotopic (exact) mass is 296 g/mol. The summed E-state index contributed by atoms with van der Waals surface area (Å²) in [5.74, 6) is 0.646. The Kier molecular flexibility index (Phi) is 3.47. The molecule has 1 fully saturated rings. The van der Waals surface area contributed by atoms with Gasteiger partial charge < -0.3 is 15.2 Å². The van der Waals surface area contributed by atoms with E-state index in [1.165, 1.54) is 17.5 Å². The third kappa shape index (κ3) is 2.44. The highest BCUT2D eigenvalue weighted by Gasteiger charge is 2.19. The number of aromatic nitrogens is 1. The molecular formula is C18H20N2O2. The molecule has 4 rings (SSSR count). The van der Waals surface area contributed by atoms with Crippen LogP contribution in [0.1, 0.15) is 24.0 Å². The molecule has 1 aromatic heterocycles. The lowest BCUT2D eigenvalue weighted by molar-refractivity contribution is 0.138. The van der Waals surface area contributed by atoms with E-state index in [4.69, 9.17) is 15.2 Å². The number of benzene rings is 1. The first-order valence-electron chi connectivity index (χ1n) is 7.92. The zero-order valence-electron chi connectivity index (χ0n) is 12.5. The van der Waals surface area contributed by atoms with E-state index >= 15 is 0 Å². The summed E-state index contributed by atoms with van der Waals surface area (Å²) in [6.45, 7) is 1.41. The van der Waals surface area contributed by atoms with Crippen LogP contribution in [0.15, 0.2) is 30.5 Å². The Hall–Kier alpha value is -2.07. The number of nitrogen functional groups attached to an aromatic ring is 1. The van der Waals surface area contributed by atoms with Gasteiger partial charge in [0.05, 0.1) is 13.2 Å². The maximum atomic E-state index is 6.40. The number of hydrogen-bond donors (Lipinski definition) is 1. The second-order valence-electron chi connectivity index (χ2n) is 6.00. The molecule has 2 N–H and O–H groups in total. The van der Waals surface area contributed by atoms with Gasteiger partial charge in [0.15, 0.2) is 0 Å². The van der Waals surface area contributed by atoms with Crippen molar-refractivity contribution < 1.29 is 9.47 Å². The fraction of sp³-hybridized carbons (Fsp3) is 0.389. The molecule has 2 aliphatic rings. The van der Waals surface area contributed by atoms with Crippen molar-refractivity contribution in [3.8, 4) is 17.0 Å². The quantitative estimate of drug-likeness (QED) is 0.885. The largest absolute Gasteiger partial charge is 0.472 e. The first kappa shape index (κ1) is 13.6. The molecule has 0 spiro atoms. The van der Waals surface area contributed by atoms with Crippen molar-refractivity contribution in [1.29, 1.82) is 0 Å². The van der Waals surface area contributed by atoms with Gasteiger partial charge in [0, 0.05) is 29.9 Å². The lowest BCUT2D eigenvalue weighted by Gasteiger charge is -2.14. The number of nitrogens with zero attached hydrogens (tertiary/aromatic N) is 1. The van der Waals surface area contributed by atoms with Gasteiger partial charge in [-0.1, -0.05) is 12.1 Å². The number of fused-ring (bicyclic) bond motifs is 1. The van der Waals surface area contributed by atoms with Crippen LogP contribution in [0.3, 0.4) is 0 Å². The minimum atomic E-state index is 0.111. The lowest BCUT2D eigenvalue weighted by atomic mass is 9.98. The second kappa shape index (κ2) is 5.61. The van der Waals surface area contributed by atoms with E-state index in [-0.39, 0.29) is 6.10 Å². The fourth-order valence-corrected chi connectivity index (χ4v) is 3.36. The summed E-state index contributed by atoms with van der Waals surface area (Å²) in [4.78, 5) is 4.31. The zero-order chi connectivity index (χ0) is 14.9. The summed E-state index contributed by atoms with van der Waals surface area (Å²) in [6, 6.07) is 8.30. The first-order chi connectivity index (χ1) is 10.8. The molecule has 22 heavy (non-hydrogen) atoms. The minimum Gasteiger partial charge on any atom is -0.472 e. The summed E-state index contributed by atoms with van der Waals surface area (Å²) >= 11 is 0. The molecule has 1 saturated heterocycles. The molecule has 1 atom stereocenters. The Morgan fingerprint density at radius 3 is 3.05 bits per heavy atom. The third-order valence-corrected chi connectivity index (χ3v) is 4.55. The molecular weight excluding hydrogens is 276 g/mol. The van der Waals surface area contributed by atoms with Gasteiger partial charge in [-0.15, -0.1) is 0 Å². The third-order valence-electron chi connectivity index (χ3n) is 4.55. The summed E-state index contributed by atoms with van der Waals surface area (Å²) in [5, 5.41) is 0. The van der Waals surface area contributed by atoms with Crippen LogP contribution >= 0.6 is 0 Å². The van der Waals surface area contributed by atoms with Crippen LogP contribution in [0.25, 0.3) is 11.1 Å². The first-order valence-corrected chi connectivity index (χ1v) is 7.92. The van der Waals surface area contributed by atoms with Gasteiger partial charge in [0.2, 0.25) is 5.88 Å². The molecule has 1 aliphatic carbocycles. The number of ether oxygens (including phenoxy) is 2. The number of rotatable bonds is 3. The Morgan fingerprint density at radius 2 is 2.18 bits per heavy atom. The predicted molar refractivity (Wildman–Crippen MR) is 86.0 cm³/mol. The number of hydrogen-bond acceptors (Lipinski definition) is 4. The smallest absolute Gasteiger partial charge is 0.214 e. The number of nitrogens with two attached hydrogens (primary N) is 1. The van der Waals surface area contributed by atoms with E-state index in [0.717, 1.165) is 42.7 Å². The topological polar surface area (TPSA) is 57.4 Å². The molecule has 0 bridgehead atoms. The fourth-order valence-electron chi connectivity index (χ4n) is 3.36. The summed E-state index contributed by atoms with van der Waals surface area (Å²) in [7, 11) is 0. The molecule has 0 radical (unpaired) electrons. The van der Waals surface area contributed by atoms with E-state index < -0.39 is 0 Å². The van der Waals surface area contributed by atoms with Gasteiger partial charge >= 0.3 is 0 Å². The van der Waals surface area contributed by atoms with Crippen LogP contribution in [-0.2, 0) is 17.6 Å². The van der Waals surface area contributed by atoms with Gasteiger partial charge in [-0.2, -0.15) is 0 Å². The standard InChI is InChI=1S/C18H20N2O2/c19-18-15-3-1-2-12(15)4-5-16(18)13-6-8-20-17(10-13)22-14-7-9-21-11-14/h4-6,8,10,14H,1-3,7,9,11,19H2/t14-/m0/s1. The maximum Gasteiger partial charge on any atom is 0.214 e. The average Bonchev–Trinajstić information content (AvgIpc) is 3.19. The zero-order valence-corrected chi connectivity index (χ0v) is 12.5. The highest BCUT2D eigenvalue weighted by Crippen LogP contribution is 2.36. The van der Waals surface area contributed by atoms with Crippen LogP contribution in [0, 0.1) is 0 Å². The highest BCUT2D eigenvalue weighted by molar-refractivity contribution is 5.80. The van der Waals surface area contributed by atoms with Crippen molar-refractivity contribution in [3.05, 3.63) is 41.6 Å². The number of pyridine rings is 1. The van der Waals surface area contributed by atoms with E-state index in [9.17, 15) is 0 Å². The van der Waals surface area contributed by atoms with Crippen LogP contribution in [0.4, 0.5) is 5.69 Å². The van der Waals surface area contributed by atoms with Crippen LogP contribution in [-0.4, -0.2) is 24.3 Å². The summed E-state index contributed by atoms with van der Waals surface area (Å²) < 4.78 is 11.2. The van der Waals surface area contributed by atoms with Crippen LogP contribution in [0.2, 0.25) is 0 Å². The van der Waals surface area contributed by atoms with Crippen molar-refractivity contribution in [2.75, 3.05) is 18.9 Å². The Balaban J connectivity index is 1.65. The van der Waals surface area contributed by atoms with Gasteiger partial charge in [-0.05, 0) is 42.0 Å². The Morgan fingerprint density at radius 1 is 1.23 bits per heavy atom. The van der Waals surface area contributed by atoms with Crippen LogP contribution < -0.4 is 10.5 Å². The predicted octanol–water partition coefficient (Wildman–Crippen LogP) is 2.99. The molecule has 114 valence electrons. The molecule has 0 amide bonds. The molecule has 1 aromatic carbocycles. The van der Waals surface area contributed by atoms with Crippen molar-refractivity contribution >= 4 is 5.69 Å². The minimum absolute atomic E-state index is 0.111. The maximum absolute atomic E-state index is 6.40. The van der Waals surface area contributed by atoms with Crippen LogP contribution in [0.5, 0.6) is 5.88 Å². The van der Waals surface area contributed by atoms with Crippen molar-refractivity contribution in [1.82, 2.24) is 4.98 Å². The second-order valence-corrected chi connectivity index (χ2v) is 6.00. The van der Waals surface area contributed by atoms with E-state index in [2.05, 4.69) is 17.1 Å². The Bertz CT molecular complexity index is 693. The molecule has 1 aliphatic heterocycles. The molecule has 0 unspecified atom stereocenters. The number of aryl methyl sites for hydroxylation is 1. The molecule has 2 heterocycles. The van der Waals surface area contributed by atoms with E-state index in [0.29, 0.717) is 12.5 Å². The molecule has 2 aromatic rings. The highest BCUT2D eigenvalue weighted by atomic mass is 16.5. The van der Waals surface area contributed by atoms with Gasteiger partial charge in [-0.3, -0.25) is 0 Å². The van der Waals surface area contributed by atoms with Gasteiger partial charge in [0.1, 0.15) is 6.10 Å². The van der Waals surface area contributed by atoms with E-state index in [1.54, 1.807) is 6.20 Å². The average molecular weight is 296 g/mol. The summed E-state index contributed by atoms with van der Waals surface area (Å²) in [6.07, 6.45) is 6.25. The SMILES string of the molecule is Nc1c(-c2ccnc(O[C@H]3CCOC3)c2)ccc2c1CCC2. The van der Waals surface area contributed by atoms with Gasteiger partial charge in [0.25, 0.3) is 0 Å². The van der Waals surface area contributed by atoms with Crippen molar-refractivity contribution in [2.45, 2.75) is 31.8 Å². The van der Waals surface area contributed by atoms with Crippen molar-refractivity contribution in [2.24, 2.45) is 0 Å². The Labute approximate surface area is 130 Å².